The van der Waals surface area contributed by atoms with Gasteiger partial charge in [-0.3, -0.25) is 0 Å². The molecule has 2 heterocycles. The molecule has 1 saturated heterocycles. The zero-order valence-electron chi connectivity index (χ0n) is 21.2. The van der Waals surface area contributed by atoms with Gasteiger partial charge in [0.25, 0.3) is 0 Å². The SMILES string of the molecule is O=S(=O)(NCC1CC1)c1ccc2[nH]c(O)c(C(=Nc3ccccc3N3CCCCC3)c3ccccc3)c2c1. The molecule has 38 heavy (non-hydrogen) atoms. The molecule has 1 saturated carbocycles. The fraction of sp³-hybridized carbons (Fsp3) is 0.300. The Labute approximate surface area is 223 Å². The zero-order valence-corrected chi connectivity index (χ0v) is 22.0. The highest BCUT2D eigenvalue weighted by Crippen LogP contribution is 2.36. The van der Waals surface area contributed by atoms with Gasteiger partial charge in [-0.1, -0.05) is 42.5 Å². The summed E-state index contributed by atoms with van der Waals surface area (Å²) in [5, 5.41) is 11.7. The highest BCUT2D eigenvalue weighted by atomic mass is 32.2. The molecule has 1 aliphatic carbocycles. The van der Waals surface area contributed by atoms with Crippen LogP contribution in [0.1, 0.15) is 43.2 Å². The first-order valence-corrected chi connectivity index (χ1v) is 14.8. The van der Waals surface area contributed by atoms with Crippen molar-refractivity contribution in [3.8, 4) is 5.88 Å². The maximum atomic E-state index is 13.1. The number of piperidine rings is 1. The van der Waals surface area contributed by atoms with Gasteiger partial charge in [0, 0.05) is 36.1 Å². The highest BCUT2D eigenvalue weighted by Gasteiger charge is 2.26. The normalized spacial score (nSPS) is 16.7. The number of hydrogen-bond donors (Lipinski definition) is 3. The fourth-order valence-electron chi connectivity index (χ4n) is 5.14. The molecular weight excluding hydrogens is 496 g/mol. The minimum atomic E-state index is -3.68. The molecule has 0 radical (unpaired) electrons. The Balaban J connectivity index is 1.50. The van der Waals surface area contributed by atoms with Gasteiger partial charge < -0.3 is 15.0 Å². The summed E-state index contributed by atoms with van der Waals surface area (Å²) in [6, 6.07) is 22.7. The van der Waals surface area contributed by atoms with Crippen molar-refractivity contribution >= 4 is 38.0 Å². The third-order valence-corrected chi connectivity index (χ3v) is 8.84. The van der Waals surface area contributed by atoms with Gasteiger partial charge in [-0.15, -0.1) is 0 Å². The molecule has 4 aromatic rings. The van der Waals surface area contributed by atoms with Crippen LogP contribution in [0.4, 0.5) is 11.4 Å². The first kappa shape index (κ1) is 24.7. The Hall–Kier alpha value is -3.62. The van der Waals surface area contributed by atoms with Gasteiger partial charge in [0.2, 0.25) is 10.0 Å². The summed E-state index contributed by atoms with van der Waals surface area (Å²) in [4.78, 5) is 10.7. The van der Waals surface area contributed by atoms with E-state index in [1.54, 1.807) is 18.2 Å². The van der Waals surface area contributed by atoms with E-state index in [1.807, 2.05) is 48.5 Å². The number of hydrogen-bond acceptors (Lipinski definition) is 5. The molecule has 0 amide bonds. The Kier molecular flexibility index (Phi) is 6.68. The van der Waals surface area contributed by atoms with Crippen molar-refractivity contribution in [2.75, 3.05) is 24.5 Å². The lowest BCUT2D eigenvalue weighted by atomic mass is 10.0. The van der Waals surface area contributed by atoms with Crippen LogP contribution >= 0.6 is 0 Å². The maximum absolute atomic E-state index is 13.1. The number of aromatic amines is 1. The van der Waals surface area contributed by atoms with Gasteiger partial charge in [-0.05, 0) is 68.4 Å². The van der Waals surface area contributed by atoms with Crippen LogP contribution in [0.5, 0.6) is 5.88 Å². The molecule has 6 rings (SSSR count). The summed E-state index contributed by atoms with van der Waals surface area (Å²) in [5.41, 5.74) is 4.42. The van der Waals surface area contributed by atoms with Crippen molar-refractivity contribution in [1.29, 1.82) is 0 Å². The summed E-state index contributed by atoms with van der Waals surface area (Å²) in [7, 11) is -3.68. The highest BCUT2D eigenvalue weighted by molar-refractivity contribution is 7.89. The lowest BCUT2D eigenvalue weighted by molar-refractivity contribution is 0.457. The maximum Gasteiger partial charge on any atom is 0.240 e. The van der Waals surface area contributed by atoms with Gasteiger partial charge in [-0.2, -0.15) is 0 Å². The van der Waals surface area contributed by atoms with E-state index in [1.165, 1.54) is 6.42 Å². The third-order valence-electron chi connectivity index (χ3n) is 7.41. The summed E-state index contributed by atoms with van der Waals surface area (Å²) in [6.07, 6.45) is 5.67. The molecule has 0 unspecified atom stereocenters. The van der Waals surface area contributed by atoms with Crippen LogP contribution in [0.2, 0.25) is 0 Å². The fourth-order valence-corrected chi connectivity index (χ4v) is 6.28. The Morgan fingerprint density at radius 2 is 1.71 bits per heavy atom. The third kappa shape index (κ3) is 5.06. The molecule has 2 aliphatic rings. The van der Waals surface area contributed by atoms with E-state index in [4.69, 9.17) is 4.99 Å². The topological polar surface area (TPSA) is 97.8 Å². The van der Waals surface area contributed by atoms with E-state index in [9.17, 15) is 13.5 Å². The van der Waals surface area contributed by atoms with Gasteiger partial charge in [0.05, 0.1) is 27.5 Å². The predicted molar refractivity (Wildman–Crippen MR) is 152 cm³/mol. The minimum absolute atomic E-state index is 0.0430. The minimum Gasteiger partial charge on any atom is -0.494 e. The number of aromatic nitrogens is 1. The quantitative estimate of drug-likeness (QED) is 0.255. The lowest BCUT2D eigenvalue weighted by Crippen LogP contribution is -2.29. The van der Waals surface area contributed by atoms with Crippen LogP contribution in [-0.4, -0.2) is 43.9 Å². The van der Waals surface area contributed by atoms with Gasteiger partial charge in [0.15, 0.2) is 5.88 Å². The number of benzene rings is 3. The molecule has 196 valence electrons. The molecule has 0 atom stereocenters. The zero-order chi connectivity index (χ0) is 26.1. The number of para-hydroxylation sites is 2. The summed E-state index contributed by atoms with van der Waals surface area (Å²) < 4.78 is 28.9. The molecule has 0 spiro atoms. The van der Waals surface area contributed by atoms with Crippen LogP contribution in [-0.2, 0) is 10.0 Å². The Bertz CT molecular complexity index is 1580. The van der Waals surface area contributed by atoms with Crippen molar-refractivity contribution in [1.82, 2.24) is 9.71 Å². The van der Waals surface area contributed by atoms with E-state index in [0.29, 0.717) is 34.6 Å². The first-order valence-electron chi connectivity index (χ1n) is 13.3. The van der Waals surface area contributed by atoms with E-state index in [-0.39, 0.29) is 10.8 Å². The molecule has 3 aromatic carbocycles. The number of nitrogens with zero attached hydrogens (tertiary/aromatic N) is 2. The van der Waals surface area contributed by atoms with Crippen LogP contribution in [0, 0.1) is 5.92 Å². The predicted octanol–water partition coefficient (Wildman–Crippen LogP) is 5.72. The molecule has 8 heteroatoms. The Morgan fingerprint density at radius 3 is 2.47 bits per heavy atom. The summed E-state index contributed by atoms with van der Waals surface area (Å²) >= 11 is 0. The number of sulfonamides is 1. The van der Waals surface area contributed by atoms with Crippen LogP contribution in [0.25, 0.3) is 10.9 Å². The second kappa shape index (κ2) is 10.3. The second-order valence-corrected chi connectivity index (χ2v) is 12.0. The number of H-pyrrole nitrogens is 1. The van der Waals surface area contributed by atoms with E-state index in [2.05, 4.69) is 20.7 Å². The van der Waals surface area contributed by atoms with E-state index >= 15 is 0 Å². The largest absolute Gasteiger partial charge is 0.494 e. The number of aliphatic imine (C=N–C) groups is 1. The van der Waals surface area contributed by atoms with Crippen molar-refractivity contribution in [2.24, 2.45) is 10.9 Å². The molecule has 1 aliphatic heterocycles. The second-order valence-electron chi connectivity index (χ2n) is 10.2. The van der Waals surface area contributed by atoms with Gasteiger partial charge >= 0.3 is 0 Å². The molecule has 1 aromatic heterocycles. The van der Waals surface area contributed by atoms with Crippen molar-refractivity contribution in [3.05, 3.63) is 83.9 Å². The van der Waals surface area contributed by atoms with Crippen molar-refractivity contribution in [2.45, 2.75) is 37.0 Å². The van der Waals surface area contributed by atoms with E-state index in [0.717, 1.165) is 55.7 Å². The van der Waals surface area contributed by atoms with E-state index < -0.39 is 10.0 Å². The van der Waals surface area contributed by atoms with Crippen LogP contribution in [0.3, 0.4) is 0 Å². The monoisotopic (exact) mass is 528 g/mol. The summed E-state index contributed by atoms with van der Waals surface area (Å²) in [6.45, 7) is 2.43. The van der Waals surface area contributed by atoms with Crippen molar-refractivity contribution in [3.63, 3.8) is 0 Å². The number of fused-ring (bicyclic) bond motifs is 1. The smallest absolute Gasteiger partial charge is 0.240 e. The van der Waals surface area contributed by atoms with Crippen molar-refractivity contribution < 1.29 is 13.5 Å². The van der Waals surface area contributed by atoms with Gasteiger partial charge in [0.1, 0.15) is 0 Å². The number of anilines is 1. The summed E-state index contributed by atoms with van der Waals surface area (Å²) in [5.74, 6) is 0.385. The molecule has 3 N–H and O–H groups in total. The molecular formula is C30H32N4O3S. The van der Waals surface area contributed by atoms with Crippen LogP contribution < -0.4 is 9.62 Å². The van der Waals surface area contributed by atoms with Gasteiger partial charge in [-0.25, -0.2) is 18.1 Å². The molecule has 7 nitrogen and oxygen atoms in total. The first-order chi connectivity index (χ1) is 18.5. The number of aromatic hydroxyl groups is 1. The molecule has 0 bridgehead atoms. The Morgan fingerprint density at radius 1 is 0.974 bits per heavy atom. The lowest BCUT2D eigenvalue weighted by Gasteiger charge is -2.29. The molecule has 2 fully saturated rings. The average molecular weight is 529 g/mol. The average Bonchev–Trinajstić information content (AvgIpc) is 3.73. The standard InChI is InChI=1S/C30H32N4O3S/c35-30-28(24-19-23(15-16-25(24)33-30)38(36,37)31-20-21-13-14-21)29(22-9-3-1-4-10-22)32-26-11-5-6-12-27(26)34-17-7-2-8-18-34/h1,3-6,9-12,15-16,19,21,31,33,35H,2,7-8,13-14,17-18,20H2. The number of rotatable bonds is 8. The number of nitrogens with one attached hydrogen (secondary N) is 2. The van der Waals surface area contributed by atoms with Crippen LogP contribution in [0.15, 0.2) is 82.7 Å².